The van der Waals surface area contributed by atoms with Crippen LogP contribution in [0.25, 0.3) is 11.5 Å². The zero-order valence-electron chi connectivity index (χ0n) is 9.12. The normalized spacial score (nSPS) is 10.4. The molecule has 16 heavy (non-hydrogen) atoms. The summed E-state index contributed by atoms with van der Waals surface area (Å²) in [5.74, 6) is 0.776. The maximum Gasteiger partial charge on any atom is 0.151 e. The Morgan fingerprint density at radius 1 is 1.56 bits per heavy atom. The molecule has 3 nitrogen and oxygen atoms in total. The van der Waals surface area contributed by atoms with Gasteiger partial charge in [0, 0.05) is 12.2 Å². The molecular formula is C12H11BrN2O. The molecule has 0 atom stereocenters. The van der Waals surface area contributed by atoms with Crippen LogP contribution in [0.5, 0.6) is 0 Å². The zero-order valence-corrected chi connectivity index (χ0v) is 10.7. The second-order valence-corrected chi connectivity index (χ2v) is 4.25. The number of furan rings is 1. The van der Waals surface area contributed by atoms with E-state index in [0.717, 1.165) is 28.2 Å². The average molecular weight is 279 g/mol. The second-order valence-electron chi connectivity index (χ2n) is 3.46. The molecule has 0 aliphatic carbocycles. The van der Waals surface area contributed by atoms with Crippen molar-refractivity contribution in [3.05, 3.63) is 34.1 Å². The van der Waals surface area contributed by atoms with Gasteiger partial charge in [0.2, 0.25) is 0 Å². The predicted octanol–water partition coefficient (Wildman–Crippen LogP) is 3.71. The maximum absolute atomic E-state index is 9.11. The molecule has 0 aromatic carbocycles. The van der Waals surface area contributed by atoms with Crippen LogP contribution in [0.3, 0.4) is 0 Å². The molecule has 0 aliphatic rings. The average Bonchev–Trinajstić information content (AvgIpc) is 2.85. The van der Waals surface area contributed by atoms with Crippen molar-refractivity contribution in [2.24, 2.45) is 0 Å². The zero-order chi connectivity index (χ0) is 11.7. The van der Waals surface area contributed by atoms with Crippen LogP contribution in [0.1, 0.15) is 18.2 Å². The van der Waals surface area contributed by atoms with Gasteiger partial charge in [0.25, 0.3) is 0 Å². The number of hydrogen-bond acceptors (Lipinski definition) is 2. The SMILES string of the molecule is CCn1c(C)c(C#N)c(Br)c1-c1ccco1. The van der Waals surface area contributed by atoms with E-state index in [1.165, 1.54) is 0 Å². The number of hydrogen-bond donors (Lipinski definition) is 0. The van der Waals surface area contributed by atoms with Crippen molar-refractivity contribution in [3.8, 4) is 17.5 Å². The van der Waals surface area contributed by atoms with Crippen LogP contribution >= 0.6 is 15.9 Å². The molecule has 0 bridgehead atoms. The summed E-state index contributed by atoms with van der Waals surface area (Å²) in [6, 6.07) is 5.95. The van der Waals surface area contributed by atoms with Crippen LogP contribution in [0.15, 0.2) is 27.3 Å². The molecule has 0 unspecified atom stereocenters. The Bertz CT molecular complexity index is 547. The van der Waals surface area contributed by atoms with E-state index in [9.17, 15) is 0 Å². The third kappa shape index (κ3) is 1.48. The Balaban J connectivity index is 2.75. The largest absolute Gasteiger partial charge is 0.463 e. The number of aromatic nitrogens is 1. The fraction of sp³-hybridized carbons (Fsp3) is 0.250. The predicted molar refractivity (Wildman–Crippen MR) is 65.0 cm³/mol. The van der Waals surface area contributed by atoms with Gasteiger partial charge in [-0.1, -0.05) is 0 Å². The molecule has 0 spiro atoms. The summed E-state index contributed by atoms with van der Waals surface area (Å²) >= 11 is 3.47. The first-order valence-electron chi connectivity index (χ1n) is 5.03. The van der Waals surface area contributed by atoms with Crippen LogP contribution in [-0.4, -0.2) is 4.57 Å². The van der Waals surface area contributed by atoms with Crippen molar-refractivity contribution in [1.29, 1.82) is 5.26 Å². The van der Waals surface area contributed by atoms with E-state index < -0.39 is 0 Å². The Morgan fingerprint density at radius 2 is 2.31 bits per heavy atom. The highest BCUT2D eigenvalue weighted by Gasteiger charge is 2.20. The van der Waals surface area contributed by atoms with E-state index in [0.29, 0.717) is 5.56 Å². The topological polar surface area (TPSA) is 41.9 Å². The van der Waals surface area contributed by atoms with Gasteiger partial charge < -0.3 is 8.98 Å². The highest BCUT2D eigenvalue weighted by molar-refractivity contribution is 9.10. The Labute approximate surface area is 102 Å². The summed E-state index contributed by atoms with van der Waals surface area (Å²) < 4.78 is 8.28. The fourth-order valence-electron chi connectivity index (χ4n) is 1.88. The molecule has 2 aromatic rings. The first-order chi connectivity index (χ1) is 7.70. The quantitative estimate of drug-likeness (QED) is 0.840. The van der Waals surface area contributed by atoms with Gasteiger partial charge >= 0.3 is 0 Å². The smallest absolute Gasteiger partial charge is 0.151 e. The molecule has 0 amide bonds. The third-order valence-corrected chi connectivity index (χ3v) is 3.42. The van der Waals surface area contributed by atoms with E-state index in [2.05, 4.69) is 26.6 Å². The van der Waals surface area contributed by atoms with E-state index >= 15 is 0 Å². The Hall–Kier alpha value is -1.47. The van der Waals surface area contributed by atoms with Crippen LogP contribution in [0, 0.1) is 18.3 Å². The van der Waals surface area contributed by atoms with Gasteiger partial charge in [0.05, 0.1) is 16.3 Å². The van der Waals surface area contributed by atoms with Crippen molar-refractivity contribution < 1.29 is 4.42 Å². The van der Waals surface area contributed by atoms with Crippen LogP contribution in [0.4, 0.5) is 0 Å². The first-order valence-corrected chi connectivity index (χ1v) is 5.82. The minimum atomic E-state index is 0.674. The van der Waals surface area contributed by atoms with Crippen molar-refractivity contribution in [1.82, 2.24) is 4.57 Å². The molecule has 0 N–H and O–H groups in total. The molecule has 2 rings (SSSR count). The van der Waals surface area contributed by atoms with Gasteiger partial charge in [0.1, 0.15) is 11.8 Å². The highest BCUT2D eigenvalue weighted by atomic mass is 79.9. The monoisotopic (exact) mass is 278 g/mol. The molecular weight excluding hydrogens is 268 g/mol. The van der Waals surface area contributed by atoms with Gasteiger partial charge in [-0.2, -0.15) is 5.26 Å². The number of halogens is 1. The molecule has 82 valence electrons. The van der Waals surface area contributed by atoms with Gasteiger partial charge in [-0.15, -0.1) is 0 Å². The minimum absolute atomic E-state index is 0.674. The Kier molecular flexibility index (Phi) is 2.88. The van der Waals surface area contributed by atoms with Crippen molar-refractivity contribution >= 4 is 15.9 Å². The molecule has 0 saturated carbocycles. The lowest BCUT2D eigenvalue weighted by molar-refractivity contribution is 0.572. The molecule has 4 heteroatoms. The third-order valence-electron chi connectivity index (χ3n) is 2.65. The summed E-state index contributed by atoms with van der Waals surface area (Å²) in [6.07, 6.45) is 1.64. The number of nitrogens with zero attached hydrogens (tertiary/aromatic N) is 2. The number of rotatable bonds is 2. The first kappa shape index (κ1) is 11.0. The summed E-state index contributed by atoms with van der Waals surface area (Å²) in [5.41, 5.74) is 2.57. The minimum Gasteiger partial charge on any atom is -0.463 e. The standard InChI is InChI=1S/C12H11BrN2O/c1-3-15-8(2)9(7-14)11(13)12(15)10-5-4-6-16-10/h4-6H,3H2,1-2H3. The van der Waals surface area contributed by atoms with E-state index in [1.807, 2.05) is 26.0 Å². The second kappa shape index (κ2) is 4.18. The number of nitriles is 1. The lowest BCUT2D eigenvalue weighted by Crippen LogP contribution is -1.99. The van der Waals surface area contributed by atoms with E-state index in [-0.39, 0.29) is 0 Å². The summed E-state index contributed by atoms with van der Waals surface area (Å²) in [5, 5.41) is 9.11. The van der Waals surface area contributed by atoms with Crippen LogP contribution in [-0.2, 0) is 6.54 Å². The van der Waals surface area contributed by atoms with Gasteiger partial charge in [-0.25, -0.2) is 0 Å². The maximum atomic E-state index is 9.11. The van der Waals surface area contributed by atoms with E-state index in [4.69, 9.17) is 9.68 Å². The van der Waals surface area contributed by atoms with Gasteiger partial charge in [0.15, 0.2) is 5.76 Å². The highest BCUT2D eigenvalue weighted by Crippen LogP contribution is 2.35. The Morgan fingerprint density at radius 3 is 2.81 bits per heavy atom. The molecule has 0 saturated heterocycles. The van der Waals surface area contributed by atoms with E-state index in [1.54, 1.807) is 6.26 Å². The van der Waals surface area contributed by atoms with Gasteiger partial charge in [-0.05, 0) is 41.9 Å². The van der Waals surface area contributed by atoms with Gasteiger partial charge in [-0.3, -0.25) is 0 Å². The fourth-order valence-corrected chi connectivity index (χ4v) is 2.66. The van der Waals surface area contributed by atoms with Crippen LogP contribution in [0.2, 0.25) is 0 Å². The summed E-state index contributed by atoms with van der Waals surface area (Å²) in [4.78, 5) is 0. The van der Waals surface area contributed by atoms with Crippen LogP contribution < -0.4 is 0 Å². The lowest BCUT2D eigenvalue weighted by Gasteiger charge is -2.06. The molecule has 0 aliphatic heterocycles. The molecule has 2 aromatic heterocycles. The van der Waals surface area contributed by atoms with Crippen molar-refractivity contribution in [2.75, 3.05) is 0 Å². The van der Waals surface area contributed by atoms with Crippen molar-refractivity contribution in [2.45, 2.75) is 20.4 Å². The summed E-state index contributed by atoms with van der Waals surface area (Å²) in [6.45, 7) is 4.80. The summed E-state index contributed by atoms with van der Waals surface area (Å²) in [7, 11) is 0. The molecule has 0 fully saturated rings. The molecule has 2 heterocycles. The lowest BCUT2D eigenvalue weighted by atomic mass is 10.2. The van der Waals surface area contributed by atoms with Crippen molar-refractivity contribution in [3.63, 3.8) is 0 Å². The molecule has 0 radical (unpaired) electrons.